The van der Waals surface area contributed by atoms with Gasteiger partial charge in [0.1, 0.15) is 24.1 Å². The number of halogens is 4. The zero-order valence-electron chi connectivity index (χ0n) is 13.5. The summed E-state index contributed by atoms with van der Waals surface area (Å²) in [6.45, 7) is -1.38. The van der Waals surface area contributed by atoms with Gasteiger partial charge in [0.15, 0.2) is 0 Å². The predicted octanol–water partition coefficient (Wildman–Crippen LogP) is 3.67. The van der Waals surface area contributed by atoms with Gasteiger partial charge in [-0.15, -0.1) is 0 Å². The molecule has 1 unspecified atom stereocenters. The van der Waals surface area contributed by atoms with E-state index < -0.39 is 42.5 Å². The summed E-state index contributed by atoms with van der Waals surface area (Å²) in [4.78, 5) is 10.8. The molecule has 26 heavy (non-hydrogen) atoms. The molecule has 4 nitrogen and oxygen atoms in total. The topological polar surface area (TPSA) is 66.8 Å². The van der Waals surface area contributed by atoms with Crippen molar-refractivity contribution in [2.24, 2.45) is 0 Å². The van der Waals surface area contributed by atoms with Crippen molar-refractivity contribution < 1.29 is 37.3 Å². The molecule has 0 saturated carbocycles. The number of carboxylic acids is 1. The molecule has 0 heterocycles. The van der Waals surface area contributed by atoms with Crippen LogP contribution in [0.5, 0.6) is 5.75 Å². The number of aliphatic hydroxyl groups is 1. The van der Waals surface area contributed by atoms with E-state index in [1.165, 1.54) is 0 Å². The number of hydrogen-bond donors (Lipinski definition) is 2. The number of rotatable bonds is 7. The number of aliphatic hydroxyl groups excluding tert-OH is 1. The number of alkyl halides is 3. The second-order valence-electron chi connectivity index (χ2n) is 5.60. The van der Waals surface area contributed by atoms with E-state index in [-0.39, 0.29) is 17.9 Å². The van der Waals surface area contributed by atoms with Crippen LogP contribution in [0, 0.1) is 5.82 Å². The lowest BCUT2D eigenvalue weighted by Crippen LogP contribution is -2.25. The number of carbonyl (C=O) groups is 1. The summed E-state index contributed by atoms with van der Waals surface area (Å²) in [5, 5.41) is 18.0. The van der Waals surface area contributed by atoms with Gasteiger partial charge in [0.05, 0.1) is 13.0 Å². The zero-order chi connectivity index (χ0) is 19.3. The minimum Gasteiger partial charge on any atom is -0.489 e. The molecule has 0 fully saturated rings. The monoisotopic (exact) mass is 372 g/mol. The minimum atomic E-state index is -4.82. The van der Waals surface area contributed by atoms with E-state index in [9.17, 15) is 22.4 Å². The van der Waals surface area contributed by atoms with Gasteiger partial charge in [-0.25, -0.2) is 4.39 Å². The van der Waals surface area contributed by atoms with Crippen LogP contribution in [0.1, 0.15) is 22.6 Å². The van der Waals surface area contributed by atoms with Gasteiger partial charge in [0.2, 0.25) is 0 Å². The van der Waals surface area contributed by atoms with Gasteiger partial charge in [-0.1, -0.05) is 30.3 Å². The van der Waals surface area contributed by atoms with Crippen LogP contribution in [0.25, 0.3) is 0 Å². The normalized spacial score (nSPS) is 12.7. The molecule has 2 rings (SSSR count). The highest BCUT2D eigenvalue weighted by Gasteiger charge is 2.42. The Morgan fingerprint density at radius 2 is 1.81 bits per heavy atom. The van der Waals surface area contributed by atoms with Crippen molar-refractivity contribution in [1.29, 1.82) is 0 Å². The molecule has 0 amide bonds. The number of aliphatic carboxylic acids is 1. The Hall–Kier alpha value is -2.61. The highest BCUT2D eigenvalue weighted by atomic mass is 19.4. The first-order chi connectivity index (χ1) is 12.2. The van der Waals surface area contributed by atoms with Crippen LogP contribution in [-0.2, 0) is 17.8 Å². The van der Waals surface area contributed by atoms with Crippen LogP contribution in [0.2, 0.25) is 0 Å². The maximum atomic E-state index is 14.1. The van der Waals surface area contributed by atoms with E-state index >= 15 is 0 Å². The minimum absolute atomic E-state index is 0.0952. The van der Waals surface area contributed by atoms with Gasteiger partial charge in [-0.2, -0.15) is 13.2 Å². The lowest BCUT2D eigenvalue weighted by Gasteiger charge is -2.22. The number of ether oxygens (including phenoxy) is 1. The number of hydrogen-bond acceptors (Lipinski definition) is 3. The van der Waals surface area contributed by atoms with Crippen LogP contribution < -0.4 is 4.74 Å². The maximum absolute atomic E-state index is 14.1. The van der Waals surface area contributed by atoms with Crippen molar-refractivity contribution in [3.8, 4) is 5.75 Å². The third-order valence-corrected chi connectivity index (χ3v) is 3.71. The highest BCUT2D eigenvalue weighted by molar-refractivity contribution is 5.70. The summed E-state index contributed by atoms with van der Waals surface area (Å²) in [6, 6.07) is 10.1. The molecule has 1 atom stereocenters. The average molecular weight is 372 g/mol. The smallest absolute Gasteiger partial charge is 0.398 e. The Labute approximate surface area is 146 Å². The summed E-state index contributed by atoms with van der Waals surface area (Å²) in [5.41, 5.74) is -0.221. The van der Waals surface area contributed by atoms with Crippen LogP contribution in [0.4, 0.5) is 17.6 Å². The molecule has 2 aromatic rings. The molecule has 140 valence electrons. The molecule has 8 heteroatoms. The van der Waals surface area contributed by atoms with Gasteiger partial charge in [-0.3, -0.25) is 4.79 Å². The molecule has 0 bridgehead atoms. The summed E-state index contributed by atoms with van der Waals surface area (Å²) < 4.78 is 59.0. The van der Waals surface area contributed by atoms with Gasteiger partial charge < -0.3 is 14.9 Å². The second kappa shape index (κ2) is 8.18. The van der Waals surface area contributed by atoms with Gasteiger partial charge in [-0.05, 0) is 17.7 Å². The van der Waals surface area contributed by atoms with Crippen molar-refractivity contribution in [3.63, 3.8) is 0 Å². The van der Waals surface area contributed by atoms with E-state index in [4.69, 9.17) is 14.9 Å². The van der Waals surface area contributed by atoms with E-state index in [2.05, 4.69) is 0 Å². The number of benzene rings is 2. The number of carboxylic acid groups (broad SMARTS) is 1. The maximum Gasteiger partial charge on any atom is 0.398 e. The summed E-state index contributed by atoms with van der Waals surface area (Å²) in [5.74, 6) is -5.10. The molecule has 0 aliphatic rings. The Morgan fingerprint density at radius 1 is 1.15 bits per heavy atom. The third-order valence-electron chi connectivity index (χ3n) is 3.71. The van der Waals surface area contributed by atoms with Gasteiger partial charge in [0.25, 0.3) is 0 Å². The standard InChI is InChI=1S/C18H16F4O4/c19-15-8-13(14(9-23)18(20,21)22)16(6-12(15)7-17(24)25)26-10-11-4-2-1-3-5-11/h1-6,8,14,23H,7,9-10H2,(H,24,25). The second-order valence-corrected chi connectivity index (χ2v) is 5.60. The Bertz CT molecular complexity index is 760. The molecule has 0 aliphatic heterocycles. The Morgan fingerprint density at radius 3 is 2.35 bits per heavy atom. The fourth-order valence-corrected chi connectivity index (χ4v) is 2.42. The zero-order valence-corrected chi connectivity index (χ0v) is 13.5. The molecule has 0 saturated heterocycles. The first-order valence-corrected chi connectivity index (χ1v) is 7.60. The first-order valence-electron chi connectivity index (χ1n) is 7.60. The van der Waals surface area contributed by atoms with Crippen LogP contribution >= 0.6 is 0 Å². The Balaban J connectivity index is 2.43. The molecular formula is C18H16F4O4. The molecule has 0 spiro atoms. The molecule has 0 aliphatic carbocycles. The third kappa shape index (κ3) is 4.95. The molecule has 0 radical (unpaired) electrons. The summed E-state index contributed by atoms with van der Waals surface area (Å²) in [7, 11) is 0. The predicted molar refractivity (Wildman–Crippen MR) is 84.4 cm³/mol. The largest absolute Gasteiger partial charge is 0.489 e. The SMILES string of the molecule is O=C(O)Cc1cc(OCc2ccccc2)c(C(CO)C(F)(F)F)cc1F. The highest BCUT2D eigenvalue weighted by Crippen LogP contribution is 2.40. The van der Waals surface area contributed by atoms with Crippen molar-refractivity contribution in [3.05, 3.63) is 65.0 Å². The van der Waals surface area contributed by atoms with Crippen molar-refractivity contribution >= 4 is 5.97 Å². The fraction of sp³-hybridized carbons (Fsp3) is 0.278. The fourth-order valence-electron chi connectivity index (χ4n) is 2.42. The molecule has 0 aromatic heterocycles. The summed E-state index contributed by atoms with van der Waals surface area (Å²) >= 11 is 0. The van der Waals surface area contributed by atoms with Crippen LogP contribution in [0.3, 0.4) is 0 Å². The first kappa shape index (κ1) is 19.7. The summed E-state index contributed by atoms with van der Waals surface area (Å²) in [6.07, 6.45) is -5.52. The quantitative estimate of drug-likeness (QED) is 0.728. The molecule has 2 aromatic carbocycles. The lowest BCUT2D eigenvalue weighted by molar-refractivity contribution is -0.158. The molecule has 2 N–H and O–H groups in total. The average Bonchev–Trinajstić information content (AvgIpc) is 2.56. The lowest BCUT2D eigenvalue weighted by atomic mass is 9.95. The van der Waals surface area contributed by atoms with Crippen molar-refractivity contribution in [1.82, 2.24) is 0 Å². The van der Waals surface area contributed by atoms with Gasteiger partial charge >= 0.3 is 12.1 Å². The van der Waals surface area contributed by atoms with E-state index in [1.54, 1.807) is 30.3 Å². The van der Waals surface area contributed by atoms with Crippen molar-refractivity contribution in [2.45, 2.75) is 25.1 Å². The van der Waals surface area contributed by atoms with E-state index in [0.29, 0.717) is 11.6 Å². The van der Waals surface area contributed by atoms with Crippen LogP contribution in [-0.4, -0.2) is 29.0 Å². The Kier molecular flexibility index (Phi) is 6.20. The van der Waals surface area contributed by atoms with Crippen LogP contribution in [0.15, 0.2) is 42.5 Å². The van der Waals surface area contributed by atoms with Gasteiger partial charge in [0, 0.05) is 11.1 Å². The molecular weight excluding hydrogens is 356 g/mol. The van der Waals surface area contributed by atoms with E-state index in [1.807, 2.05) is 0 Å². The van der Waals surface area contributed by atoms with Crippen molar-refractivity contribution in [2.75, 3.05) is 6.61 Å². The van der Waals surface area contributed by atoms with E-state index in [0.717, 1.165) is 6.07 Å².